The third kappa shape index (κ3) is 5.69. The Morgan fingerprint density at radius 3 is 2.80 bits per heavy atom. The molecule has 2 aromatic carbocycles. The van der Waals surface area contributed by atoms with Crippen LogP contribution in [0.3, 0.4) is 0 Å². The number of nitrogens with zero attached hydrogens (tertiary/aromatic N) is 2. The number of thiazole rings is 1. The van der Waals surface area contributed by atoms with Crippen molar-refractivity contribution in [1.29, 1.82) is 0 Å². The van der Waals surface area contributed by atoms with Gasteiger partial charge in [0.1, 0.15) is 12.4 Å². The molecule has 0 unspecified atom stereocenters. The number of benzene rings is 2. The minimum atomic E-state index is -0.108. The summed E-state index contributed by atoms with van der Waals surface area (Å²) in [6, 6.07) is 15.2. The number of para-hydroxylation sites is 1. The van der Waals surface area contributed by atoms with Crippen molar-refractivity contribution in [3.05, 3.63) is 54.1 Å². The Kier molecular flexibility index (Phi) is 7.12. The zero-order valence-corrected chi connectivity index (χ0v) is 17.6. The topological polar surface area (TPSA) is 75.7 Å². The number of aromatic nitrogens is 1. The number of carbonyl (C=O) groups is 1. The summed E-state index contributed by atoms with van der Waals surface area (Å²) in [5, 5.41) is 7.18. The van der Waals surface area contributed by atoms with Gasteiger partial charge >= 0.3 is 0 Å². The number of anilines is 1. The molecular formula is C22H26N4O3S. The number of fused-ring (bicyclic) bond motifs is 1. The number of hydrogen-bond acceptors (Lipinski definition) is 7. The molecule has 1 fully saturated rings. The zero-order chi connectivity index (χ0) is 20.6. The van der Waals surface area contributed by atoms with Crippen LogP contribution < -0.4 is 15.4 Å². The molecule has 30 heavy (non-hydrogen) atoms. The molecule has 4 rings (SSSR count). The Morgan fingerprint density at radius 1 is 1.13 bits per heavy atom. The SMILES string of the molecule is O=C(NCCOc1ccccc1)c1ccc2nc(NCCN3CCOCC3)sc2c1. The van der Waals surface area contributed by atoms with Crippen LogP contribution in [0.2, 0.25) is 0 Å². The van der Waals surface area contributed by atoms with Crippen LogP contribution in [0.15, 0.2) is 48.5 Å². The van der Waals surface area contributed by atoms with E-state index in [1.807, 2.05) is 48.5 Å². The Morgan fingerprint density at radius 2 is 1.97 bits per heavy atom. The second-order valence-corrected chi connectivity index (χ2v) is 8.03. The van der Waals surface area contributed by atoms with Gasteiger partial charge in [-0.1, -0.05) is 29.5 Å². The number of ether oxygens (including phenoxy) is 2. The van der Waals surface area contributed by atoms with Gasteiger partial charge in [-0.25, -0.2) is 4.98 Å². The molecule has 2 N–H and O–H groups in total. The molecule has 158 valence electrons. The highest BCUT2D eigenvalue weighted by molar-refractivity contribution is 7.22. The van der Waals surface area contributed by atoms with E-state index in [9.17, 15) is 4.79 Å². The molecule has 0 saturated carbocycles. The van der Waals surface area contributed by atoms with Crippen molar-refractivity contribution in [1.82, 2.24) is 15.2 Å². The number of amides is 1. The lowest BCUT2D eigenvalue weighted by Crippen LogP contribution is -2.38. The van der Waals surface area contributed by atoms with Crippen molar-refractivity contribution in [3.63, 3.8) is 0 Å². The van der Waals surface area contributed by atoms with E-state index in [1.54, 1.807) is 11.3 Å². The summed E-state index contributed by atoms with van der Waals surface area (Å²) in [5.74, 6) is 0.690. The van der Waals surface area contributed by atoms with Crippen molar-refractivity contribution in [3.8, 4) is 5.75 Å². The molecule has 0 bridgehead atoms. The Hall–Kier alpha value is -2.68. The zero-order valence-electron chi connectivity index (χ0n) is 16.8. The van der Waals surface area contributed by atoms with Crippen LogP contribution in [0.4, 0.5) is 5.13 Å². The summed E-state index contributed by atoms with van der Waals surface area (Å²) in [6.45, 7) is 6.27. The van der Waals surface area contributed by atoms with Crippen LogP contribution >= 0.6 is 11.3 Å². The Bertz CT molecular complexity index is 957. The van der Waals surface area contributed by atoms with E-state index < -0.39 is 0 Å². The number of rotatable bonds is 9. The largest absolute Gasteiger partial charge is 0.492 e. The fourth-order valence-electron chi connectivity index (χ4n) is 3.24. The molecule has 2 heterocycles. The van der Waals surface area contributed by atoms with Gasteiger partial charge in [0, 0.05) is 31.7 Å². The number of nitrogens with one attached hydrogen (secondary N) is 2. The Balaban J connectivity index is 1.25. The van der Waals surface area contributed by atoms with E-state index in [1.165, 1.54) is 0 Å². The number of carbonyl (C=O) groups excluding carboxylic acids is 1. The van der Waals surface area contributed by atoms with Gasteiger partial charge in [-0.05, 0) is 30.3 Å². The predicted octanol–water partition coefficient (Wildman–Crippen LogP) is 2.85. The first kappa shape index (κ1) is 20.6. The first-order chi connectivity index (χ1) is 14.8. The van der Waals surface area contributed by atoms with Gasteiger partial charge < -0.3 is 20.1 Å². The molecule has 0 aliphatic carbocycles. The van der Waals surface area contributed by atoms with Crippen LogP contribution in [0.5, 0.6) is 5.75 Å². The molecule has 1 amide bonds. The minimum absolute atomic E-state index is 0.108. The van der Waals surface area contributed by atoms with Gasteiger partial charge in [0.2, 0.25) is 0 Å². The third-order valence-corrected chi connectivity index (χ3v) is 5.83. The van der Waals surface area contributed by atoms with Crippen molar-refractivity contribution in [2.24, 2.45) is 0 Å². The van der Waals surface area contributed by atoms with Crippen molar-refractivity contribution in [2.75, 3.05) is 57.9 Å². The predicted molar refractivity (Wildman–Crippen MR) is 120 cm³/mol. The third-order valence-electron chi connectivity index (χ3n) is 4.86. The minimum Gasteiger partial charge on any atom is -0.492 e. The van der Waals surface area contributed by atoms with Gasteiger partial charge in [-0.2, -0.15) is 0 Å². The molecule has 1 aliphatic heterocycles. The molecule has 0 spiro atoms. The standard InChI is InChI=1S/C22H26N4O3S/c27-21(23-9-13-29-18-4-2-1-3-5-18)17-6-7-19-20(16-17)30-22(25-19)24-8-10-26-11-14-28-15-12-26/h1-7,16H,8-15H2,(H,23,27)(H,24,25). The maximum Gasteiger partial charge on any atom is 0.251 e. The van der Waals surface area contributed by atoms with E-state index in [4.69, 9.17) is 9.47 Å². The fourth-order valence-corrected chi connectivity index (χ4v) is 4.17. The lowest BCUT2D eigenvalue weighted by atomic mass is 10.2. The summed E-state index contributed by atoms with van der Waals surface area (Å²) in [7, 11) is 0. The summed E-state index contributed by atoms with van der Waals surface area (Å²) in [6.07, 6.45) is 0. The molecule has 0 radical (unpaired) electrons. The molecule has 1 saturated heterocycles. The Labute approximate surface area is 180 Å². The molecular weight excluding hydrogens is 400 g/mol. The first-order valence-electron chi connectivity index (χ1n) is 10.2. The van der Waals surface area contributed by atoms with Gasteiger partial charge in [-0.15, -0.1) is 0 Å². The molecule has 3 aromatic rings. The van der Waals surface area contributed by atoms with Crippen molar-refractivity contribution >= 4 is 32.6 Å². The highest BCUT2D eigenvalue weighted by Gasteiger charge is 2.11. The second-order valence-electron chi connectivity index (χ2n) is 7.00. The normalized spacial score (nSPS) is 14.5. The summed E-state index contributed by atoms with van der Waals surface area (Å²) < 4.78 is 12.0. The van der Waals surface area contributed by atoms with Gasteiger partial charge in [0.15, 0.2) is 5.13 Å². The van der Waals surface area contributed by atoms with Crippen LogP contribution in [-0.2, 0) is 4.74 Å². The quantitative estimate of drug-likeness (QED) is 0.513. The molecule has 1 aromatic heterocycles. The maximum absolute atomic E-state index is 12.4. The molecule has 8 heteroatoms. The number of morpholine rings is 1. The average molecular weight is 427 g/mol. The lowest BCUT2D eigenvalue weighted by Gasteiger charge is -2.26. The van der Waals surface area contributed by atoms with Crippen LogP contribution in [0.1, 0.15) is 10.4 Å². The lowest BCUT2D eigenvalue weighted by molar-refractivity contribution is 0.0398. The van der Waals surface area contributed by atoms with Crippen LogP contribution in [0, 0.1) is 0 Å². The molecule has 0 atom stereocenters. The van der Waals surface area contributed by atoms with Gasteiger partial charge in [0.25, 0.3) is 5.91 Å². The number of hydrogen-bond donors (Lipinski definition) is 2. The first-order valence-corrected chi connectivity index (χ1v) is 11.0. The summed E-state index contributed by atoms with van der Waals surface area (Å²) >= 11 is 1.57. The van der Waals surface area contributed by atoms with Gasteiger partial charge in [-0.3, -0.25) is 9.69 Å². The fraction of sp³-hybridized carbons (Fsp3) is 0.364. The van der Waals surface area contributed by atoms with E-state index in [0.29, 0.717) is 18.7 Å². The summed E-state index contributed by atoms with van der Waals surface area (Å²) in [5.41, 5.74) is 1.53. The molecule has 1 aliphatic rings. The van der Waals surface area contributed by atoms with Gasteiger partial charge in [0.05, 0.1) is 30.0 Å². The molecule has 7 nitrogen and oxygen atoms in total. The smallest absolute Gasteiger partial charge is 0.251 e. The average Bonchev–Trinajstić information content (AvgIpc) is 3.20. The van der Waals surface area contributed by atoms with Crippen molar-refractivity contribution < 1.29 is 14.3 Å². The maximum atomic E-state index is 12.4. The highest BCUT2D eigenvalue weighted by Crippen LogP contribution is 2.26. The van der Waals surface area contributed by atoms with E-state index in [0.717, 1.165) is 60.5 Å². The monoisotopic (exact) mass is 426 g/mol. The summed E-state index contributed by atoms with van der Waals surface area (Å²) in [4.78, 5) is 19.4. The van der Waals surface area contributed by atoms with Crippen LogP contribution in [-0.4, -0.2) is 68.3 Å². The van der Waals surface area contributed by atoms with E-state index in [-0.39, 0.29) is 5.91 Å². The highest BCUT2D eigenvalue weighted by atomic mass is 32.1. The second kappa shape index (κ2) is 10.4. The van der Waals surface area contributed by atoms with Crippen LogP contribution in [0.25, 0.3) is 10.2 Å². The van der Waals surface area contributed by atoms with E-state index >= 15 is 0 Å². The van der Waals surface area contributed by atoms with E-state index in [2.05, 4.69) is 20.5 Å². The van der Waals surface area contributed by atoms with Crippen molar-refractivity contribution in [2.45, 2.75) is 0 Å².